The number of unbranched alkanes of at least 4 members (excludes halogenated alkanes) is 9. The minimum absolute atomic E-state index is 0.132. The summed E-state index contributed by atoms with van der Waals surface area (Å²) in [4.78, 5) is 165. The summed E-state index contributed by atoms with van der Waals surface area (Å²) in [7, 11) is 0. The molecule has 30 nitrogen and oxygen atoms in total. The van der Waals surface area contributed by atoms with Crippen LogP contribution in [0.1, 0.15) is 130 Å². The number of alkyl halides is 1. The molecular formula is C51H85ClN12O18. The zero-order chi connectivity index (χ0) is 61.6. The number of allylic oxidation sites excluding steroid dienone is 1. The molecule has 1 unspecified atom stereocenters. The van der Waals surface area contributed by atoms with Gasteiger partial charge in [0.15, 0.2) is 12.1 Å². The number of nitrogens with zero attached hydrogens (tertiary/aromatic N) is 1. The molecule has 2 saturated heterocycles. The van der Waals surface area contributed by atoms with E-state index in [9.17, 15) is 83.1 Å². The second kappa shape index (κ2) is 37.6. The van der Waals surface area contributed by atoms with Crippen LogP contribution in [-0.2, 0) is 62.3 Å². The van der Waals surface area contributed by atoms with E-state index in [1.807, 2.05) is 10.6 Å². The Morgan fingerprint density at radius 3 is 1.82 bits per heavy atom. The summed E-state index contributed by atoms with van der Waals surface area (Å²) in [6.45, 7) is 2.77. The molecule has 2 heterocycles. The largest absolute Gasteiger partial charge is 0.479 e. The Labute approximate surface area is 480 Å². The van der Waals surface area contributed by atoms with Crippen molar-refractivity contribution >= 4 is 82.6 Å². The van der Waals surface area contributed by atoms with E-state index in [4.69, 9.17) is 33.5 Å². The molecule has 2 aliphatic rings. The minimum atomic E-state index is -2.82. The van der Waals surface area contributed by atoms with Crippen molar-refractivity contribution in [2.24, 2.45) is 17.2 Å². The van der Waals surface area contributed by atoms with Crippen LogP contribution in [0.4, 0.5) is 0 Å². The fraction of sp³-hybridized carbons (Fsp3) is 0.725. The number of fused-ring (bicyclic) bond motifs is 2. The van der Waals surface area contributed by atoms with Crippen molar-refractivity contribution in [2.45, 2.75) is 203 Å². The average Bonchev–Trinajstić information content (AvgIpc) is 3.71. The molecule has 31 heteroatoms. The van der Waals surface area contributed by atoms with Gasteiger partial charge >= 0.3 is 11.9 Å². The molecule has 0 saturated carbocycles. The second-order valence-corrected chi connectivity index (χ2v) is 20.3. The van der Waals surface area contributed by atoms with E-state index in [0.717, 1.165) is 64.4 Å². The number of ether oxygens (including phenoxy) is 1. The van der Waals surface area contributed by atoms with Gasteiger partial charge < -0.3 is 90.0 Å². The number of aliphatic carboxylic acids is 1. The summed E-state index contributed by atoms with van der Waals surface area (Å²) in [6, 6.07) is -15.3. The van der Waals surface area contributed by atoms with Gasteiger partial charge in [-0.25, -0.2) is 9.59 Å². The number of aliphatic hydroxyl groups excluding tert-OH is 4. The van der Waals surface area contributed by atoms with Crippen LogP contribution in [0.5, 0.6) is 0 Å². The van der Waals surface area contributed by atoms with Crippen LogP contribution in [0.2, 0.25) is 0 Å². The quantitative estimate of drug-likeness (QED) is 0.0127. The molecule has 0 radical (unpaired) electrons. The van der Waals surface area contributed by atoms with Gasteiger partial charge in [-0.15, -0.1) is 11.6 Å². The Balaban J connectivity index is 2.73. The third-order valence-corrected chi connectivity index (χ3v) is 13.7. The lowest BCUT2D eigenvalue weighted by molar-refractivity contribution is -0.155. The number of nitrogens with two attached hydrogens (primary N) is 3. The van der Waals surface area contributed by atoms with Crippen LogP contribution >= 0.6 is 11.6 Å². The third-order valence-electron chi connectivity index (χ3n) is 13.4. The first-order valence-electron chi connectivity index (χ1n) is 27.6. The number of hydrogen-bond acceptors (Lipinski definition) is 20. The van der Waals surface area contributed by atoms with Crippen LogP contribution in [0, 0.1) is 0 Å². The Morgan fingerprint density at radius 1 is 0.695 bits per heavy atom. The summed E-state index contributed by atoms with van der Waals surface area (Å²) in [5, 5.41) is 70.3. The van der Waals surface area contributed by atoms with Gasteiger partial charge in [0.2, 0.25) is 47.3 Å². The van der Waals surface area contributed by atoms with Crippen molar-refractivity contribution in [1.82, 2.24) is 47.4 Å². The minimum Gasteiger partial charge on any atom is -0.479 e. The zero-order valence-corrected chi connectivity index (χ0v) is 47.4. The number of nitrogens with one attached hydrogen (secondary N) is 8. The van der Waals surface area contributed by atoms with Crippen molar-refractivity contribution < 1.29 is 87.8 Å². The number of carboxylic acids is 1. The Kier molecular flexibility index (Phi) is 32.9. The second-order valence-electron chi connectivity index (χ2n) is 20.0. The van der Waals surface area contributed by atoms with Gasteiger partial charge in [-0.2, -0.15) is 0 Å². The number of carbonyl (C=O) groups is 12. The molecule has 2 fully saturated rings. The van der Waals surface area contributed by atoms with Crippen LogP contribution in [-0.4, -0.2) is 206 Å². The van der Waals surface area contributed by atoms with Crippen LogP contribution in [0.15, 0.2) is 11.8 Å². The van der Waals surface area contributed by atoms with E-state index in [1.165, 1.54) is 6.92 Å². The molecule has 0 aliphatic carbocycles. The van der Waals surface area contributed by atoms with Crippen molar-refractivity contribution in [2.75, 3.05) is 32.1 Å². The molecule has 19 N–H and O–H groups in total. The predicted octanol–water partition coefficient (Wildman–Crippen LogP) is -4.99. The molecule has 82 heavy (non-hydrogen) atoms. The highest BCUT2D eigenvalue weighted by Gasteiger charge is 2.47. The standard InChI is InChI=1S/C51H85ClN12O18/c1-4-6-7-8-9-10-11-12-13-16-28(66)23-36(68)56-33-26-82-51(81)39(35(67)25-52)62-48(77)40(41(70)50(79)80)63-42(71)29(5-2)57-47(76)38(27(3)65)61-44(73)31(19-22-55)59-46(75)34(17-14-15-20-53)64-37(69)24-32(49(64)78)60-43(72)30(18-21-54)58-45(33)74/h5,27-28,30-35,38-41,65-67,70H,4,6-26,53-55H2,1-3H3,(H,56,68)(H,57,76)(H,58,74)(H,59,75)(H,60,72)(H,61,73)(H,62,77)(H,63,71)(H,79,80)/b29-5-/t27-,28+,30+,31-,32-,33?,34+,35+,38+,39-,40+,41+/m1/s1. The SMILES string of the molecule is C/C=C1\NC(=O)[C@H]([C@@H](C)O)NC(=O)[C@@H](CCN)NC(=O)[C@H](CCCCN)N2C(=O)C[C@@H](NC(=O)[C@H](CCN)NC(=O)C(NC(=O)C[C@@H](O)CCCCCCCCCCC)COC(=O)[C@@H]([C@@H](O)CCl)NC(=O)[C@H]([C@H](O)C(=O)O)NC1=O)C2=O. The summed E-state index contributed by atoms with van der Waals surface area (Å²) in [6.07, 6.45) is 0.396. The number of cyclic esters (lactones) is 1. The van der Waals surface area contributed by atoms with E-state index in [1.54, 1.807) is 0 Å². The Morgan fingerprint density at radius 2 is 1.27 bits per heavy atom. The molecule has 0 aromatic carbocycles. The van der Waals surface area contributed by atoms with Gasteiger partial charge in [0, 0.05) is 0 Å². The molecule has 12 atom stereocenters. The maximum Gasteiger partial charge on any atom is 0.335 e. The van der Waals surface area contributed by atoms with E-state index in [-0.39, 0.29) is 51.7 Å². The first kappa shape index (κ1) is 71.7. The lowest BCUT2D eigenvalue weighted by Crippen LogP contribution is -2.62. The topological polar surface area (TPSA) is 493 Å². The maximum absolute atomic E-state index is 14.2. The molecular weight excluding hydrogens is 1100 g/mol. The number of amides is 10. The third kappa shape index (κ3) is 23.5. The Bertz CT molecular complexity index is 2230. The van der Waals surface area contributed by atoms with Crippen molar-refractivity contribution in [3.05, 3.63) is 11.8 Å². The van der Waals surface area contributed by atoms with E-state index >= 15 is 0 Å². The number of hydrogen-bond donors (Lipinski definition) is 16. The maximum atomic E-state index is 14.2. The molecule has 2 rings (SSSR count). The van der Waals surface area contributed by atoms with Crippen LogP contribution in [0.3, 0.4) is 0 Å². The number of esters is 1. The van der Waals surface area contributed by atoms with Gasteiger partial charge in [-0.1, -0.05) is 70.8 Å². The van der Waals surface area contributed by atoms with Gasteiger partial charge in [-0.3, -0.25) is 52.8 Å². The highest BCUT2D eigenvalue weighted by atomic mass is 35.5. The number of carboxylic acid groups (broad SMARTS) is 1. The molecule has 0 aromatic heterocycles. The van der Waals surface area contributed by atoms with Gasteiger partial charge in [0.1, 0.15) is 54.6 Å². The highest BCUT2D eigenvalue weighted by molar-refractivity contribution is 6.18. The smallest absolute Gasteiger partial charge is 0.335 e. The van der Waals surface area contributed by atoms with Gasteiger partial charge in [0.05, 0.1) is 37.0 Å². The molecule has 10 amide bonds. The number of rotatable bonds is 26. The number of halogens is 1. The summed E-state index contributed by atoms with van der Waals surface area (Å²) in [5.74, 6) is -16.6. The fourth-order valence-corrected chi connectivity index (χ4v) is 8.93. The summed E-state index contributed by atoms with van der Waals surface area (Å²) in [5.41, 5.74) is 16.5. The fourth-order valence-electron chi connectivity index (χ4n) is 8.76. The molecule has 2 aliphatic heterocycles. The first-order valence-corrected chi connectivity index (χ1v) is 28.2. The van der Waals surface area contributed by atoms with Crippen LogP contribution < -0.4 is 59.7 Å². The van der Waals surface area contributed by atoms with Crippen molar-refractivity contribution in [3.8, 4) is 0 Å². The van der Waals surface area contributed by atoms with E-state index in [0.29, 0.717) is 17.7 Å². The zero-order valence-electron chi connectivity index (χ0n) is 46.7. The molecule has 2 bridgehead atoms. The normalized spacial score (nSPS) is 25.4. The number of carbonyl (C=O) groups excluding carboxylic acids is 11. The summed E-state index contributed by atoms with van der Waals surface area (Å²) >= 11 is 5.86. The van der Waals surface area contributed by atoms with E-state index < -0.39 is 175 Å². The molecule has 464 valence electrons. The van der Waals surface area contributed by atoms with Crippen molar-refractivity contribution in [1.29, 1.82) is 0 Å². The summed E-state index contributed by atoms with van der Waals surface area (Å²) < 4.78 is 5.29. The van der Waals surface area contributed by atoms with Crippen molar-refractivity contribution in [3.63, 3.8) is 0 Å². The first-order chi connectivity index (χ1) is 38.9. The van der Waals surface area contributed by atoms with E-state index in [2.05, 4.69) is 38.8 Å². The Hall–Kier alpha value is -6.41. The molecule has 0 spiro atoms. The highest BCUT2D eigenvalue weighted by Crippen LogP contribution is 2.22. The number of aliphatic hydroxyl groups is 4. The van der Waals surface area contributed by atoms with Crippen LogP contribution in [0.25, 0.3) is 0 Å². The predicted molar refractivity (Wildman–Crippen MR) is 291 cm³/mol. The van der Waals surface area contributed by atoms with Gasteiger partial charge in [0.25, 0.3) is 11.8 Å². The average molecular weight is 1190 g/mol. The monoisotopic (exact) mass is 1190 g/mol. The lowest BCUT2D eigenvalue weighted by Gasteiger charge is -2.29. The van der Waals surface area contributed by atoms with Gasteiger partial charge in [-0.05, 0) is 72.0 Å². The lowest BCUT2D eigenvalue weighted by atomic mass is 10.0. The number of imide groups is 1. The molecule has 0 aromatic rings.